The van der Waals surface area contributed by atoms with Crippen molar-refractivity contribution in [2.75, 3.05) is 43.9 Å². The van der Waals surface area contributed by atoms with Crippen LogP contribution in [0.2, 0.25) is 0 Å². The Morgan fingerprint density at radius 3 is 2.46 bits per heavy atom. The van der Waals surface area contributed by atoms with Gasteiger partial charge in [0, 0.05) is 78.2 Å². The van der Waals surface area contributed by atoms with Crippen molar-refractivity contribution in [3.05, 3.63) is 145 Å². The van der Waals surface area contributed by atoms with Crippen molar-refractivity contribution in [3.63, 3.8) is 0 Å². The van der Waals surface area contributed by atoms with Gasteiger partial charge < -0.3 is 65.0 Å². The number of hydrogen-bond donors (Lipinski definition) is 9. The number of nitrogens with two attached hydrogens (primary N) is 1. The molecule has 0 spiro atoms. The van der Waals surface area contributed by atoms with E-state index in [1.165, 1.54) is 43.3 Å². The number of nitrogens with zero attached hydrogens (tertiary/aromatic N) is 4. The predicted molar refractivity (Wildman–Crippen MR) is 291 cm³/mol. The molecule has 6 atom stereocenters. The molecule has 1 aromatic heterocycles. The Morgan fingerprint density at radius 1 is 1.01 bits per heavy atom. The average molecular weight is 1190 g/mol. The number of phosphoric acid groups is 3. The van der Waals surface area contributed by atoms with Crippen molar-refractivity contribution in [2.45, 2.75) is 58.3 Å². The summed E-state index contributed by atoms with van der Waals surface area (Å²) in [5, 5.41) is 32.3. The first kappa shape index (κ1) is 61.7. The molecule has 3 heterocycles. The number of rotatable bonds is 23. The first-order valence-corrected chi connectivity index (χ1v) is 29.0. The molecule has 1 fully saturated rings. The summed E-state index contributed by atoms with van der Waals surface area (Å²) in [5.74, 6) is 3.41. The number of aromatic carboxylic acids is 1. The van der Waals surface area contributed by atoms with E-state index >= 15 is 0 Å². The Hall–Kier alpha value is -7.93. The Labute approximate surface area is 464 Å². The number of aromatic nitrogens is 2. The second-order valence-corrected chi connectivity index (χ2v) is 22.0. The van der Waals surface area contributed by atoms with Gasteiger partial charge in [0.25, 0.3) is 11.6 Å². The molecule has 10 N–H and O–H groups in total. The van der Waals surface area contributed by atoms with Crippen LogP contribution >= 0.6 is 23.5 Å². The molecule has 3 aromatic carbocycles. The van der Waals surface area contributed by atoms with Gasteiger partial charge in [-0.1, -0.05) is 30.0 Å². The summed E-state index contributed by atoms with van der Waals surface area (Å²) in [6.07, 6.45) is -3.45. The highest BCUT2D eigenvalue weighted by Crippen LogP contribution is 2.66. The predicted octanol–water partition coefficient (Wildman–Crippen LogP) is 6.27. The fourth-order valence-corrected chi connectivity index (χ4v) is 11.5. The summed E-state index contributed by atoms with van der Waals surface area (Å²) in [7, 11) is -17.0. The van der Waals surface area contributed by atoms with Gasteiger partial charge in [0.1, 0.15) is 35.6 Å². The van der Waals surface area contributed by atoms with E-state index in [0.29, 0.717) is 57.4 Å². The lowest BCUT2D eigenvalue weighted by molar-refractivity contribution is -0.386. The van der Waals surface area contributed by atoms with Crippen molar-refractivity contribution >= 4 is 69.6 Å². The number of alkyl carbamates (subject to hydrolysis) is 1. The highest BCUT2D eigenvalue weighted by atomic mass is 31.3. The van der Waals surface area contributed by atoms with Gasteiger partial charge >= 0.3 is 41.2 Å². The van der Waals surface area contributed by atoms with Crippen LogP contribution in [0.3, 0.4) is 0 Å². The second-order valence-electron chi connectivity index (χ2n) is 17.6. The maximum atomic E-state index is 13.7. The quantitative estimate of drug-likeness (QED) is 0.00851. The van der Waals surface area contributed by atoms with Gasteiger partial charge in [-0.2, -0.15) is 13.6 Å². The minimum absolute atomic E-state index is 0.00562. The van der Waals surface area contributed by atoms with Crippen molar-refractivity contribution in [3.8, 4) is 34.3 Å². The minimum atomic E-state index is -5.83. The van der Waals surface area contributed by atoms with Gasteiger partial charge in [-0.25, -0.2) is 28.1 Å². The first-order valence-electron chi connectivity index (χ1n) is 24.5. The van der Waals surface area contributed by atoms with Crippen LogP contribution in [0.4, 0.5) is 22.0 Å². The first-order chi connectivity index (χ1) is 38.8. The topological polar surface area (TPSA) is 425 Å². The molecule has 32 heteroatoms. The Bertz CT molecular complexity index is 3780. The maximum Gasteiger partial charge on any atom is 0.490 e. The van der Waals surface area contributed by atoms with Crippen molar-refractivity contribution in [1.29, 1.82) is 0 Å². The van der Waals surface area contributed by atoms with Crippen LogP contribution in [0.15, 0.2) is 106 Å². The number of carbonyl (C=O) groups is 3. The molecule has 3 unspecified atom stereocenters. The van der Waals surface area contributed by atoms with E-state index in [1.54, 1.807) is 18.2 Å². The van der Waals surface area contributed by atoms with Crippen LogP contribution in [-0.4, -0.2) is 102 Å². The summed E-state index contributed by atoms with van der Waals surface area (Å²) >= 11 is 0. The number of fused-ring (bicyclic) bond motifs is 2. The fraction of sp³-hybridized carbons (Fsp3) is 0.280. The van der Waals surface area contributed by atoms with Crippen LogP contribution < -0.4 is 32.7 Å². The third-order valence-corrected chi connectivity index (χ3v) is 15.7. The number of nitro groups is 1. The number of benzene rings is 4. The number of carboxylic acid groups (broad SMARTS) is 1. The molecule has 29 nitrogen and oxygen atoms in total. The molecular formula is C50H53N8O21P3. The molecule has 4 aromatic rings. The molecule has 0 saturated carbocycles. The zero-order valence-electron chi connectivity index (χ0n) is 43.5. The number of carboxylic acids is 1. The fourth-order valence-electron chi connectivity index (χ4n) is 8.50. The smallest absolute Gasteiger partial charge is 0.478 e. The summed E-state index contributed by atoms with van der Waals surface area (Å²) in [6, 6.07) is 19.1. The third-order valence-electron chi connectivity index (χ3n) is 11.9. The molecule has 82 heavy (non-hydrogen) atoms. The van der Waals surface area contributed by atoms with Crippen LogP contribution in [-0.2, 0) is 47.6 Å². The zero-order valence-corrected chi connectivity index (χ0v) is 46.2. The number of nitrogen functional groups attached to an aromatic ring is 1. The van der Waals surface area contributed by atoms with E-state index in [9.17, 15) is 57.9 Å². The van der Waals surface area contributed by atoms with Crippen molar-refractivity contribution in [1.82, 2.24) is 20.2 Å². The maximum absolute atomic E-state index is 13.7. The summed E-state index contributed by atoms with van der Waals surface area (Å²) in [4.78, 5) is 109. The number of amides is 2. The minimum Gasteiger partial charge on any atom is -0.478 e. The lowest BCUT2D eigenvalue weighted by atomic mass is 9.89. The summed E-state index contributed by atoms with van der Waals surface area (Å²) in [5.41, 5.74) is 7.50. The summed E-state index contributed by atoms with van der Waals surface area (Å²) in [6.45, 7) is 8.36. The number of nitro benzene ring substituents is 1. The largest absolute Gasteiger partial charge is 0.490 e. The van der Waals surface area contributed by atoms with Crippen LogP contribution in [0.5, 0.6) is 0 Å². The molecule has 0 radical (unpaired) electrons. The number of nitrogens with one attached hydrogen (secondary N) is 3. The van der Waals surface area contributed by atoms with E-state index in [-0.39, 0.29) is 47.6 Å². The Balaban J connectivity index is 1.00. The van der Waals surface area contributed by atoms with E-state index in [2.05, 4.69) is 53.0 Å². The van der Waals surface area contributed by atoms with Gasteiger partial charge in [0.05, 0.1) is 52.8 Å². The molecule has 434 valence electrons. The number of hydrogen-bond acceptors (Lipinski definition) is 20. The lowest BCUT2D eigenvalue weighted by Gasteiger charge is -2.21. The second kappa shape index (κ2) is 26.3. The normalized spacial score (nSPS) is 17.2. The van der Waals surface area contributed by atoms with E-state index < -0.39 is 95.4 Å². The van der Waals surface area contributed by atoms with Gasteiger partial charge in [0.2, 0.25) is 0 Å². The highest BCUT2D eigenvalue weighted by molar-refractivity contribution is 7.66. The monoisotopic (exact) mass is 1190 g/mol. The molecule has 2 amide bonds. The van der Waals surface area contributed by atoms with Crippen molar-refractivity contribution < 1.29 is 89.5 Å². The number of anilines is 2. The number of phosphoric ester groups is 1. The molecule has 0 bridgehead atoms. The summed E-state index contributed by atoms with van der Waals surface area (Å²) < 4.78 is 71.5. The molecule has 1 aliphatic carbocycles. The number of carbonyl (C=O) groups excluding carboxylic acids is 2. The molecular weight excluding hydrogens is 1140 g/mol. The van der Waals surface area contributed by atoms with E-state index in [1.807, 2.05) is 38.1 Å². The van der Waals surface area contributed by atoms with E-state index in [0.717, 1.165) is 16.5 Å². The number of ether oxygens (including phenoxy) is 3. The third kappa shape index (κ3) is 15.7. The molecule has 1 saturated heterocycles. The van der Waals surface area contributed by atoms with Gasteiger partial charge in [-0.15, -0.1) is 6.58 Å². The van der Waals surface area contributed by atoms with Gasteiger partial charge in [-0.3, -0.25) is 29.0 Å². The van der Waals surface area contributed by atoms with Crippen LogP contribution in [0.1, 0.15) is 76.9 Å². The standard InChI is InChI=1S/C50H53N8O21P3/c1-5-19-73-42-24-44(77-43(42)27-74-81(69,70)79-82(71,72)78-80(66,67)68)57-26-31(46(51)56-49(57)62)9-8-18-54-50(63)75-28(4)37-20-29(10-17-39(37)58(64)65)25-55-47(59)30-11-14-34(38(21-30)48(60)61)45-35-15-12-32(52-6-2)22-40(35)76-41-23-33(53-7-3)13-16-36(41)45/h5,10-17,20-23,26,28,42-44,52H,1,6-7,18-19,24-25,27H2,2-4H3,(H,54,63)(H,55,59)(H,60,61)(H,69,70)(H,71,72)(H2,51,56,62)(H2,66,67,68)/t28?,42-,43+,44+/m0/s1. The van der Waals surface area contributed by atoms with Gasteiger partial charge in [0.15, 0.2) is 0 Å². The Morgan fingerprint density at radius 2 is 1.77 bits per heavy atom. The molecule has 3 aliphatic rings. The van der Waals surface area contributed by atoms with Crippen LogP contribution in [0, 0.1) is 22.0 Å². The van der Waals surface area contributed by atoms with Crippen LogP contribution in [0.25, 0.3) is 33.4 Å². The molecule has 2 aliphatic heterocycles. The Kier molecular flexibility index (Phi) is 19.8. The SMILES string of the molecule is C=CCO[C@H]1C[C@H](n2cc(C#CCNC(=O)OC(C)c3cc(CNC(=O)c4ccc(-c5c6ccc(=NCC)cc-6oc6cc(NCC)ccc56)c(C(=O)O)c4)ccc3[N+](=O)[O-])c(N)nc2=O)O[C@@H]1COP(=O)(O)OP(=O)(O)OP(=O)(O)O. The average Bonchev–Trinajstić information content (AvgIpc) is 3.97. The molecule has 7 rings (SSSR count). The zero-order chi connectivity index (χ0) is 59.7. The van der Waals surface area contributed by atoms with Crippen molar-refractivity contribution in [2.24, 2.45) is 4.99 Å². The van der Waals surface area contributed by atoms with E-state index in [4.69, 9.17) is 38.7 Å². The van der Waals surface area contributed by atoms with Gasteiger partial charge in [-0.05, 0) is 74.4 Å². The lowest BCUT2D eigenvalue weighted by Crippen LogP contribution is -2.30. The highest BCUT2D eigenvalue weighted by Gasteiger charge is 2.44.